The molecule has 0 aliphatic carbocycles. The van der Waals surface area contributed by atoms with Crippen LogP contribution in [-0.2, 0) is 9.84 Å². The zero-order valence-corrected chi connectivity index (χ0v) is 10.6. The molecule has 2 rings (SSSR count). The third-order valence-electron chi connectivity index (χ3n) is 2.74. The van der Waals surface area contributed by atoms with Crippen LogP contribution >= 0.6 is 11.6 Å². The molecule has 0 saturated carbocycles. The molecular weight excluding hydrogens is 246 g/mol. The van der Waals surface area contributed by atoms with E-state index >= 15 is 0 Å². The standard InChI is InChI=1S/C11H12ClNO2S/c1-7(13-2)10-6-16(14,15)11-4-3-8(12)5-9(10)11/h3-7,13H,1-2H3. The number of halogens is 1. The summed E-state index contributed by atoms with van der Waals surface area (Å²) in [6.45, 7) is 1.91. The molecule has 0 radical (unpaired) electrons. The molecule has 1 aliphatic heterocycles. The fourth-order valence-electron chi connectivity index (χ4n) is 1.76. The number of fused-ring (bicyclic) bond motifs is 1. The highest BCUT2D eigenvalue weighted by Crippen LogP contribution is 2.36. The maximum atomic E-state index is 11.8. The van der Waals surface area contributed by atoms with E-state index in [0.29, 0.717) is 15.5 Å². The lowest BCUT2D eigenvalue weighted by molar-refractivity contribution is 0.605. The van der Waals surface area contributed by atoms with Gasteiger partial charge in [-0.3, -0.25) is 0 Å². The molecule has 1 unspecified atom stereocenters. The van der Waals surface area contributed by atoms with Crippen LogP contribution in [0.25, 0.3) is 5.57 Å². The van der Waals surface area contributed by atoms with Crippen LogP contribution in [0, 0.1) is 0 Å². The van der Waals surface area contributed by atoms with E-state index in [4.69, 9.17) is 11.6 Å². The Morgan fingerprint density at radius 2 is 2.06 bits per heavy atom. The summed E-state index contributed by atoms with van der Waals surface area (Å²) >= 11 is 5.89. The van der Waals surface area contributed by atoms with Crippen molar-refractivity contribution >= 4 is 27.0 Å². The van der Waals surface area contributed by atoms with E-state index in [1.165, 1.54) is 5.41 Å². The molecule has 0 saturated heterocycles. The highest BCUT2D eigenvalue weighted by molar-refractivity contribution is 7.95. The lowest BCUT2D eigenvalue weighted by atomic mass is 10.0. The van der Waals surface area contributed by atoms with E-state index < -0.39 is 9.84 Å². The first-order valence-corrected chi connectivity index (χ1v) is 6.82. The van der Waals surface area contributed by atoms with Crippen molar-refractivity contribution in [2.45, 2.75) is 17.9 Å². The Hall–Kier alpha value is -0.840. The average molecular weight is 258 g/mol. The third kappa shape index (κ3) is 1.77. The molecule has 3 nitrogen and oxygen atoms in total. The normalized spacial score (nSPS) is 19.1. The molecule has 1 heterocycles. The fourth-order valence-corrected chi connectivity index (χ4v) is 3.47. The van der Waals surface area contributed by atoms with Gasteiger partial charge in [0.25, 0.3) is 0 Å². The highest BCUT2D eigenvalue weighted by atomic mass is 35.5. The zero-order valence-electron chi connectivity index (χ0n) is 8.99. The summed E-state index contributed by atoms with van der Waals surface area (Å²) in [7, 11) is -1.49. The van der Waals surface area contributed by atoms with Crippen LogP contribution in [0.4, 0.5) is 0 Å². The van der Waals surface area contributed by atoms with E-state index in [0.717, 1.165) is 5.57 Å². The molecule has 1 atom stereocenters. The van der Waals surface area contributed by atoms with Crippen LogP contribution in [0.2, 0.25) is 5.02 Å². The van der Waals surface area contributed by atoms with Crippen LogP contribution in [-0.4, -0.2) is 21.5 Å². The first-order valence-electron chi connectivity index (χ1n) is 4.89. The Morgan fingerprint density at radius 3 is 2.69 bits per heavy atom. The summed E-state index contributed by atoms with van der Waals surface area (Å²) in [5.41, 5.74) is 1.47. The Bertz CT molecular complexity index is 563. The van der Waals surface area contributed by atoms with Crippen molar-refractivity contribution in [2.75, 3.05) is 7.05 Å². The Morgan fingerprint density at radius 1 is 1.38 bits per heavy atom. The first kappa shape index (κ1) is 11.6. The summed E-state index contributed by atoms with van der Waals surface area (Å²) < 4.78 is 23.7. The molecule has 5 heteroatoms. The Balaban J connectivity index is 2.66. The topological polar surface area (TPSA) is 46.2 Å². The number of hydrogen-bond donors (Lipinski definition) is 1. The number of likely N-dealkylation sites (N-methyl/N-ethyl adjacent to an activating group) is 1. The minimum absolute atomic E-state index is 0.0190. The quantitative estimate of drug-likeness (QED) is 0.882. The van der Waals surface area contributed by atoms with Crippen molar-refractivity contribution in [1.29, 1.82) is 0 Å². The highest BCUT2D eigenvalue weighted by Gasteiger charge is 2.29. The molecular formula is C11H12ClNO2S. The van der Waals surface area contributed by atoms with Crippen molar-refractivity contribution in [2.24, 2.45) is 0 Å². The molecule has 1 aromatic carbocycles. The van der Waals surface area contributed by atoms with Gasteiger partial charge >= 0.3 is 0 Å². The maximum Gasteiger partial charge on any atom is 0.200 e. The van der Waals surface area contributed by atoms with Crippen molar-refractivity contribution in [3.8, 4) is 0 Å². The largest absolute Gasteiger partial charge is 0.313 e. The molecule has 1 aliphatic rings. The van der Waals surface area contributed by atoms with Gasteiger partial charge in [-0.2, -0.15) is 0 Å². The Labute approximate surface area is 100 Å². The van der Waals surface area contributed by atoms with Crippen LogP contribution in [0.3, 0.4) is 0 Å². The van der Waals surface area contributed by atoms with Crippen molar-refractivity contribution < 1.29 is 8.42 Å². The smallest absolute Gasteiger partial charge is 0.200 e. The zero-order chi connectivity index (χ0) is 11.9. The van der Waals surface area contributed by atoms with E-state index in [9.17, 15) is 8.42 Å². The summed E-state index contributed by atoms with van der Waals surface area (Å²) in [4.78, 5) is 0.342. The molecule has 0 aromatic heterocycles. The number of sulfone groups is 1. The van der Waals surface area contributed by atoms with Crippen LogP contribution in [0.15, 0.2) is 28.5 Å². The number of benzene rings is 1. The lowest BCUT2D eigenvalue weighted by Crippen LogP contribution is -2.22. The summed E-state index contributed by atoms with van der Waals surface area (Å²) in [5.74, 6) is 0. The first-order chi connectivity index (χ1) is 7.45. The number of nitrogens with one attached hydrogen (secondary N) is 1. The van der Waals surface area contributed by atoms with Crippen LogP contribution in [0.5, 0.6) is 0 Å². The number of hydrogen-bond acceptors (Lipinski definition) is 3. The van der Waals surface area contributed by atoms with Gasteiger partial charge in [-0.05, 0) is 37.7 Å². The lowest BCUT2D eigenvalue weighted by Gasteiger charge is -2.12. The fraction of sp³-hybridized carbons (Fsp3) is 0.273. The van der Waals surface area contributed by atoms with Gasteiger partial charge in [0.2, 0.25) is 9.84 Å². The van der Waals surface area contributed by atoms with Gasteiger partial charge in [0, 0.05) is 22.0 Å². The van der Waals surface area contributed by atoms with Gasteiger partial charge in [0.05, 0.1) is 4.90 Å². The van der Waals surface area contributed by atoms with Gasteiger partial charge in [0.1, 0.15) is 0 Å². The molecule has 1 N–H and O–H groups in total. The monoisotopic (exact) mass is 257 g/mol. The summed E-state index contributed by atoms with van der Waals surface area (Å²) in [6, 6.07) is 4.83. The minimum atomic E-state index is -3.29. The minimum Gasteiger partial charge on any atom is -0.313 e. The molecule has 0 fully saturated rings. The predicted molar refractivity (Wildman–Crippen MR) is 65.1 cm³/mol. The molecule has 16 heavy (non-hydrogen) atoms. The molecule has 86 valence electrons. The van der Waals surface area contributed by atoms with E-state index in [2.05, 4.69) is 5.32 Å². The maximum absolute atomic E-state index is 11.8. The van der Waals surface area contributed by atoms with Gasteiger partial charge in [-0.25, -0.2) is 8.42 Å². The van der Waals surface area contributed by atoms with Gasteiger partial charge < -0.3 is 5.32 Å². The van der Waals surface area contributed by atoms with Gasteiger partial charge in [0.15, 0.2) is 0 Å². The second-order valence-corrected chi connectivity index (χ2v) is 5.97. The molecule has 1 aromatic rings. The van der Waals surface area contributed by atoms with Crippen molar-refractivity contribution in [3.63, 3.8) is 0 Å². The van der Waals surface area contributed by atoms with E-state index in [1.54, 1.807) is 25.2 Å². The van der Waals surface area contributed by atoms with Gasteiger partial charge in [-0.15, -0.1) is 0 Å². The Kier molecular flexibility index (Phi) is 2.82. The SMILES string of the molecule is CNC(C)C1=CS(=O)(=O)c2ccc(Cl)cc21. The molecule has 0 spiro atoms. The van der Waals surface area contributed by atoms with E-state index in [1.807, 2.05) is 6.92 Å². The second kappa shape index (κ2) is 3.87. The van der Waals surface area contributed by atoms with Crippen molar-refractivity contribution in [1.82, 2.24) is 5.32 Å². The van der Waals surface area contributed by atoms with Crippen molar-refractivity contribution in [3.05, 3.63) is 34.2 Å². The molecule has 0 amide bonds. The second-order valence-electron chi connectivity index (χ2n) is 3.77. The van der Waals surface area contributed by atoms with E-state index in [-0.39, 0.29) is 6.04 Å². The van der Waals surface area contributed by atoms with Crippen LogP contribution < -0.4 is 5.32 Å². The average Bonchev–Trinajstić information content (AvgIpc) is 2.49. The number of rotatable bonds is 2. The molecule has 0 bridgehead atoms. The predicted octanol–water partition coefficient (Wildman–Crippen LogP) is 2.08. The third-order valence-corrected chi connectivity index (χ3v) is 4.51. The van der Waals surface area contributed by atoms with Gasteiger partial charge in [-0.1, -0.05) is 11.6 Å². The van der Waals surface area contributed by atoms with Crippen LogP contribution in [0.1, 0.15) is 12.5 Å². The summed E-state index contributed by atoms with van der Waals surface area (Å²) in [5, 5.41) is 4.89. The summed E-state index contributed by atoms with van der Waals surface area (Å²) in [6.07, 6.45) is 0.